The lowest BCUT2D eigenvalue weighted by atomic mass is 10.0. The SMILES string of the molecule is C/C(=C/C(C)=C(\C)CNC(=O)c1cc(-c2ccc(C(=O)NCCCN(C)C)cc2)nc(NC(C)C)c1C=N)NC=O. The fourth-order valence-electron chi connectivity index (χ4n) is 3.94. The molecule has 0 aliphatic carbocycles. The molecule has 0 unspecified atom stereocenters. The lowest BCUT2D eigenvalue weighted by Gasteiger charge is -2.17. The largest absolute Gasteiger partial charge is 0.367 e. The van der Waals surface area contributed by atoms with E-state index in [0.29, 0.717) is 46.9 Å². The summed E-state index contributed by atoms with van der Waals surface area (Å²) in [4.78, 5) is 43.4. The molecule has 2 aromatic rings. The Morgan fingerprint density at radius 1 is 1.05 bits per heavy atom. The van der Waals surface area contributed by atoms with Gasteiger partial charge in [0.15, 0.2) is 0 Å². The van der Waals surface area contributed by atoms with Crippen molar-refractivity contribution in [1.82, 2.24) is 25.8 Å². The van der Waals surface area contributed by atoms with Crippen LogP contribution in [0.15, 0.2) is 53.3 Å². The van der Waals surface area contributed by atoms with Crippen LogP contribution in [0.25, 0.3) is 11.3 Å². The zero-order valence-electron chi connectivity index (χ0n) is 25.1. The Hall–Kier alpha value is -4.31. The molecule has 0 fully saturated rings. The second-order valence-corrected chi connectivity index (χ2v) is 10.5. The monoisotopic (exact) mass is 561 g/mol. The molecule has 10 nitrogen and oxygen atoms in total. The molecule has 0 saturated heterocycles. The fraction of sp³-hybridized carbons (Fsp3) is 0.387. The molecular formula is C31H43N7O3. The number of hydrogen-bond donors (Lipinski definition) is 5. The highest BCUT2D eigenvalue weighted by Gasteiger charge is 2.19. The molecule has 3 amide bonds. The number of aromatic nitrogens is 1. The predicted molar refractivity (Wildman–Crippen MR) is 165 cm³/mol. The van der Waals surface area contributed by atoms with Crippen LogP contribution >= 0.6 is 0 Å². The highest BCUT2D eigenvalue weighted by molar-refractivity contribution is 6.05. The number of allylic oxidation sites excluding steroid dienone is 3. The number of nitrogens with one attached hydrogen (secondary N) is 5. The van der Waals surface area contributed by atoms with Gasteiger partial charge in [0, 0.05) is 47.7 Å². The van der Waals surface area contributed by atoms with Gasteiger partial charge in [-0.3, -0.25) is 14.4 Å². The maximum atomic E-state index is 13.4. The fourth-order valence-corrected chi connectivity index (χ4v) is 3.94. The number of carbonyl (C=O) groups excluding carboxylic acids is 3. The second-order valence-electron chi connectivity index (χ2n) is 10.5. The molecule has 0 aliphatic rings. The Labute approximate surface area is 243 Å². The van der Waals surface area contributed by atoms with Gasteiger partial charge in [-0.15, -0.1) is 0 Å². The molecule has 1 heterocycles. The van der Waals surface area contributed by atoms with Crippen LogP contribution in [0.5, 0.6) is 0 Å². The maximum absolute atomic E-state index is 13.4. The zero-order chi connectivity index (χ0) is 30.5. The van der Waals surface area contributed by atoms with Crippen LogP contribution in [0, 0.1) is 5.41 Å². The van der Waals surface area contributed by atoms with Crippen molar-refractivity contribution in [3.05, 3.63) is 69.9 Å². The molecule has 2 rings (SSSR count). The number of carbonyl (C=O) groups is 3. The Bertz CT molecular complexity index is 1300. The van der Waals surface area contributed by atoms with E-state index in [1.807, 2.05) is 47.9 Å². The Kier molecular flexibility index (Phi) is 12.9. The summed E-state index contributed by atoms with van der Waals surface area (Å²) in [5, 5.41) is 19.8. The quantitative estimate of drug-likeness (QED) is 0.0965. The van der Waals surface area contributed by atoms with Gasteiger partial charge in [0.05, 0.1) is 11.3 Å². The molecule has 0 aliphatic heterocycles. The zero-order valence-corrected chi connectivity index (χ0v) is 25.1. The maximum Gasteiger partial charge on any atom is 0.252 e. The van der Waals surface area contributed by atoms with Crippen molar-refractivity contribution >= 4 is 30.3 Å². The van der Waals surface area contributed by atoms with Crippen LogP contribution < -0.4 is 21.3 Å². The molecule has 0 radical (unpaired) electrons. The van der Waals surface area contributed by atoms with Crippen molar-refractivity contribution in [1.29, 1.82) is 5.41 Å². The standard InChI is InChI=1S/C31H43N7O3/c1-20(2)36-29-27(17-32)26(31(41)34-18-22(4)21(3)15-23(5)35-19-39)16-28(37-29)24-9-11-25(12-10-24)30(40)33-13-8-14-38(6)7/h9-12,15-17,19-20,32H,8,13-14,18H2,1-7H3,(H,33,40)(H,34,41)(H,35,39)(H,36,37)/b22-21+,23-15-,32-17?. The number of amides is 3. The molecule has 10 heteroatoms. The average molecular weight is 562 g/mol. The van der Waals surface area contributed by atoms with Crippen LogP contribution in [0.3, 0.4) is 0 Å². The van der Waals surface area contributed by atoms with E-state index < -0.39 is 0 Å². The minimum Gasteiger partial charge on any atom is -0.367 e. The lowest BCUT2D eigenvalue weighted by Crippen LogP contribution is -2.27. The van der Waals surface area contributed by atoms with Crippen LogP contribution in [0.4, 0.5) is 5.82 Å². The van der Waals surface area contributed by atoms with Gasteiger partial charge < -0.3 is 31.6 Å². The molecule has 0 atom stereocenters. The summed E-state index contributed by atoms with van der Waals surface area (Å²) in [6, 6.07) is 8.78. The van der Waals surface area contributed by atoms with E-state index in [-0.39, 0.29) is 24.4 Å². The Morgan fingerprint density at radius 2 is 1.73 bits per heavy atom. The summed E-state index contributed by atoms with van der Waals surface area (Å²) in [7, 11) is 3.99. The van der Waals surface area contributed by atoms with Crippen molar-refractivity contribution in [3.8, 4) is 11.3 Å². The Morgan fingerprint density at radius 3 is 2.32 bits per heavy atom. The van der Waals surface area contributed by atoms with Crippen molar-refractivity contribution in [2.24, 2.45) is 0 Å². The summed E-state index contributed by atoms with van der Waals surface area (Å²) in [6.45, 7) is 11.3. The van der Waals surface area contributed by atoms with E-state index in [2.05, 4.69) is 26.2 Å². The van der Waals surface area contributed by atoms with Gasteiger partial charge >= 0.3 is 0 Å². The molecule has 220 valence electrons. The molecular weight excluding hydrogens is 518 g/mol. The summed E-state index contributed by atoms with van der Waals surface area (Å²) in [6.07, 6.45) is 4.45. The van der Waals surface area contributed by atoms with Crippen LogP contribution in [-0.2, 0) is 4.79 Å². The lowest BCUT2D eigenvalue weighted by molar-refractivity contribution is -0.108. The third-order valence-electron chi connectivity index (χ3n) is 6.29. The van der Waals surface area contributed by atoms with Crippen molar-refractivity contribution in [2.45, 2.75) is 47.1 Å². The number of hydrogen-bond acceptors (Lipinski definition) is 7. The molecule has 41 heavy (non-hydrogen) atoms. The van der Waals surface area contributed by atoms with Gasteiger partial charge in [0.1, 0.15) is 5.82 Å². The van der Waals surface area contributed by atoms with Crippen LogP contribution in [0.2, 0.25) is 0 Å². The van der Waals surface area contributed by atoms with Crippen molar-refractivity contribution < 1.29 is 14.4 Å². The van der Waals surface area contributed by atoms with Gasteiger partial charge in [-0.1, -0.05) is 17.7 Å². The number of nitrogens with zero attached hydrogens (tertiary/aromatic N) is 2. The molecule has 1 aromatic heterocycles. The van der Waals surface area contributed by atoms with E-state index in [4.69, 9.17) is 10.4 Å². The first kappa shape index (κ1) is 32.9. The summed E-state index contributed by atoms with van der Waals surface area (Å²) in [5.74, 6) is -0.0517. The summed E-state index contributed by atoms with van der Waals surface area (Å²) >= 11 is 0. The topological polar surface area (TPSA) is 139 Å². The van der Waals surface area contributed by atoms with Gasteiger partial charge in [-0.2, -0.15) is 0 Å². The van der Waals surface area contributed by atoms with E-state index in [1.54, 1.807) is 37.3 Å². The number of rotatable bonds is 15. The minimum absolute atomic E-state index is 0.0220. The molecule has 0 bridgehead atoms. The first-order chi connectivity index (χ1) is 19.5. The van der Waals surface area contributed by atoms with Crippen LogP contribution in [-0.4, -0.2) is 74.1 Å². The first-order valence-corrected chi connectivity index (χ1v) is 13.6. The van der Waals surface area contributed by atoms with Gasteiger partial charge in [0.2, 0.25) is 6.41 Å². The summed E-state index contributed by atoms with van der Waals surface area (Å²) in [5.41, 5.74) is 5.07. The predicted octanol–water partition coefficient (Wildman–Crippen LogP) is 3.96. The highest BCUT2D eigenvalue weighted by atomic mass is 16.2. The minimum atomic E-state index is -0.341. The molecule has 0 spiro atoms. The van der Waals surface area contributed by atoms with Gasteiger partial charge in [0.25, 0.3) is 11.8 Å². The number of anilines is 1. The van der Waals surface area contributed by atoms with E-state index in [0.717, 1.165) is 35.9 Å². The highest BCUT2D eigenvalue weighted by Crippen LogP contribution is 2.26. The van der Waals surface area contributed by atoms with E-state index in [9.17, 15) is 14.4 Å². The van der Waals surface area contributed by atoms with E-state index in [1.165, 1.54) is 0 Å². The van der Waals surface area contributed by atoms with E-state index >= 15 is 0 Å². The average Bonchev–Trinajstić information content (AvgIpc) is 2.93. The third kappa shape index (κ3) is 10.3. The van der Waals surface area contributed by atoms with Crippen LogP contribution in [0.1, 0.15) is 67.3 Å². The first-order valence-electron chi connectivity index (χ1n) is 13.6. The van der Waals surface area contributed by atoms with Gasteiger partial charge in [-0.25, -0.2) is 4.98 Å². The Balaban J connectivity index is 2.34. The number of pyridine rings is 1. The summed E-state index contributed by atoms with van der Waals surface area (Å²) < 4.78 is 0. The molecule has 0 saturated carbocycles. The van der Waals surface area contributed by atoms with Crippen molar-refractivity contribution in [2.75, 3.05) is 39.0 Å². The normalized spacial score (nSPS) is 12.1. The number of benzene rings is 1. The molecule has 5 N–H and O–H groups in total. The molecule has 1 aromatic carbocycles. The smallest absolute Gasteiger partial charge is 0.252 e. The second kappa shape index (κ2) is 16.1. The van der Waals surface area contributed by atoms with Gasteiger partial charge in [-0.05, 0) is 91.5 Å². The third-order valence-corrected chi connectivity index (χ3v) is 6.29. The van der Waals surface area contributed by atoms with Crippen molar-refractivity contribution in [3.63, 3.8) is 0 Å².